The first-order chi connectivity index (χ1) is 14.2. The minimum absolute atomic E-state index is 0.0397. The predicted octanol–water partition coefficient (Wildman–Crippen LogP) is 3.11. The second kappa shape index (κ2) is 7.78. The topological polar surface area (TPSA) is 80.2 Å². The SMILES string of the molecule is Cc1ncc(-c2cc3cc(NC(=O)C4CCN(C5COC5)CC4)ncc3cn2)s1. The van der Waals surface area contributed by atoms with E-state index in [9.17, 15) is 4.79 Å². The van der Waals surface area contributed by atoms with E-state index in [1.54, 1.807) is 17.5 Å². The zero-order valence-corrected chi connectivity index (χ0v) is 17.1. The van der Waals surface area contributed by atoms with Gasteiger partial charge < -0.3 is 10.1 Å². The third-order valence-corrected chi connectivity index (χ3v) is 6.70. The first-order valence-corrected chi connectivity index (χ1v) is 10.8. The van der Waals surface area contributed by atoms with E-state index >= 15 is 0 Å². The molecular weight excluding hydrogens is 386 g/mol. The van der Waals surface area contributed by atoms with Gasteiger partial charge in [-0.1, -0.05) is 0 Å². The van der Waals surface area contributed by atoms with Crippen molar-refractivity contribution in [2.45, 2.75) is 25.8 Å². The lowest BCUT2D eigenvalue weighted by atomic mass is 9.94. The number of hydrogen-bond acceptors (Lipinski definition) is 7. The van der Waals surface area contributed by atoms with Crippen LogP contribution < -0.4 is 5.32 Å². The highest BCUT2D eigenvalue weighted by Crippen LogP contribution is 2.28. The summed E-state index contributed by atoms with van der Waals surface area (Å²) in [5.74, 6) is 0.696. The van der Waals surface area contributed by atoms with Crippen molar-refractivity contribution in [3.05, 3.63) is 35.7 Å². The fraction of sp³-hybridized carbons (Fsp3) is 0.429. The van der Waals surface area contributed by atoms with Crippen LogP contribution in [-0.2, 0) is 9.53 Å². The molecule has 8 heteroatoms. The third kappa shape index (κ3) is 3.88. The van der Waals surface area contributed by atoms with Crippen LogP contribution in [0.15, 0.2) is 30.7 Å². The Kier molecular flexibility index (Phi) is 4.99. The molecule has 2 aliphatic heterocycles. The molecule has 0 bridgehead atoms. The Bertz CT molecular complexity index is 1040. The molecule has 150 valence electrons. The van der Waals surface area contributed by atoms with E-state index in [1.165, 1.54) is 0 Å². The summed E-state index contributed by atoms with van der Waals surface area (Å²) in [6.45, 7) is 5.56. The molecule has 5 heterocycles. The van der Waals surface area contributed by atoms with Gasteiger partial charge in [-0.05, 0) is 50.4 Å². The highest BCUT2D eigenvalue weighted by atomic mass is 32.1. The number of hydrogen-bond donors (Lipinski definition) is 1. The van der Waals surface area contributed by atoms with Crippen molar-refractivity contribution in [2.75, 3.05) is 31.6 Å². The van der Waals surface area contributed by atoms with Gasteiger partial charge in [0, 0.05) is 29.9 Å². The minimum atomic E-state index is 0.0397. The molecule has 0 radical (unpaired) electrons. The Morgan fingerprint density at radius 2 is 1.90 bits per heavy atom. The van der Waals surface area contributed by atoms with Gasteiger partial charge in [0.25, 0.3) is 0 Å². The number of amides is 1. The van der Waals surface area contributed by atoms with Crippen LogP contribution >= 0.6 is 11.3 Å². The molecule has 0 aliphatic carbocycles. The molecule has 0 spiro atoms. The maximum absolute atomic E-state index is 12.7. The second-order valence-corrected chi connectivity index (χ2v) is 8.96. The van der Waals surface area contributed by atoms with Crippen molar-refractivity contribution in [1.82, 2.24) is 19.9 Å². The van der Waals surface area contributed by atoms with Gasteiger partial charge in [0.05, 0.1) is 34.8 Å². The van der Waals surface area contributed by atoms with Crippen LogP contribution in [0.3, 0.4) is 0 Å². The van der Waals surface area contributed by atoms with Crippen LogP contribution in [0.4, 0.5) is 5.82 Å². The Morgan fingerprint density at radius 3 is 2.59 bits per heavy atom. The maximum Gasteiger partial charge on any atom is 0.228 e. The van der Waals surface area contributed by atoms with Gasteiger partial charge in [0.15, 0.2) is 0 Å². The molecule has 2 saturated heterocycles. The molecule has 2 fully saturated rings. The van der Waals surface area contributed by atoms with Crippen molar-refractivity contribution in [3.63, 3.8) is 0 Å². The van der Waals surface area contributed by atoms with E-state index in [0.29, 0.717) is 11.9 Å². The second-order valence-electron chi connectivity index (χ2n) is 7.72. The lowest BCUT2D eigenvalue weighted by Crippen LogP contribution is -2.52. The van der Waals surface area contributed by atoms with Gasteiger partial charge in [-0.25, -0.2) is 9.97 Å². The van der Waals surface area contributed by atoms with Crippen molar-refractivity contribution >= 4 is 33.8 Å². The fourth-order valence-corrected chi connectivity index (χ4v) is 4.66. The smallest absolute Gasteiger partial charge is 0.228 e. The van der Waals surface area contributed by atoms with Crippen molar-refractivity contribution in [1.29, 1.82) is 0 Å². The van der Waals surface area contributed by atoms with Crippen LogP contribution in [-0.4, -0.2) is 58.1 Å². The summed E-state index contributed by atoms with van der Waals surface area (Å²) in [5.41, 5.74) is 0.888. The lowest BCUT2D eigenvalue weighted by Gasteiger charge is -2.41. The Morgan fingerprint density at radius 1 is 1.10 bits per heavy atom. The zero-order valence-electron chi connectivity index (χ0n) is 16.3. The summed E-state index contributed by atoms with van der Waals surface area (Å²) >= 11 is 1.62. The zero-order chi connectivity index (χ0) is 19.8. The maximum atomic E-state index is 12.7. The van der Waals surface area contributed by atoms with Gasteiger partial charge in [0.2, 0.25) is 5.91 Å². The number of thiazole rings is 1. The average Bonchev–Trinajstić information content (AvgIpc) is 3.13. The van der Waals surface area contributed by atoms with E-state index in [-0.39, 0.29) is 11.8 Å². The number of carbonyl (C=O) groups excluding carboxylic acids is 1. The molecule has 5 rings (SSSR count). The number of aryl methyl sites for hydroxylation is 1. The summed E-state index contributed by atoms with van der Waals surface area (Å²) in [7, 11) is 0. The molecule has 0 aromatic carbocycles. The summed E-state index contributed by atoms with van der Waals surface area (Å²) in [4.78, 5) is 29.4. The number of aromatic nitrogens is 3. The van der Waals surface area contributed by atoms with Crippen molar-refractivity contribution in [2.24, 2.45) is 5.92 Å². The highest BCUT2D eigenvalue weighted by Gasteiger charge is 2.32. The summed E-state index contributed by atoms with van der Waals surface area (Å²) in [5, 5.41) is 5.98. The van der Waals surface area contributed by atoms with E-state index < -0.39 is 0 Å². The molecule has 0 saturated carbocycles. The predicted molar refractivity (Wildman–Crippen MR) is 113 cm³/mol. The van der Waals surface area contributed by atoms with E-state index in [0.717, 1.165) is 65.5 Å². The number of anilines is 1. The van der Waals surface area contributed by atoms with E-state index in [2.05, 4.69) is 25.2 Å². The number of nitrogens with one attached hydrogen (secondary N) is 1. The Labute approximate surface area is 173 Å². The third-order valence-electron chi connectivity index (χ3n) is 5.77. The van der Waals surface area contributed by atoms with Crippen LogP contribution in [0.25, 0.3) is 21.3 Å². The molecule has 1 N–H and O–H groups in total. The number of piperidine rings is 1. The summed E-state index contributed by atoms with van der Waals surface area (Å²) < 4.78 is 5.28. The molecule has 2 aliphatic rings. The molecule has 7 nitrogen and oxygen atoms in total. The van der Waals surface area contributed by atoms with Gasteiger partial charge in [-0.3, -0.25) is 14.7 Å². The van der Waals surface area contributed by atoms with Crippen molar-refractivity contribution < 1.29 is 9.53 Å². The molecule has 3 aromatic heterocycles. The molecule has 29 heavy (non-hydrogen) atoms. The summed E-state index contributed by atoms with van der Waals surface area (Å²) in [6, 6.07) is 4.50. The lowest BCUT2D eigenvalue weighted by molar-refractivity contribution is -0.123. The molecular formula is C21H23N5O2S. The van der Waals surface area contributed by atoms with Crippen LogP contribution in [0.1, 0.15) is 17.8 Å². The summed E-state index contributed by atoms with van der Waals surface area (Å²) in [6.07, 6.45) is 7.20. The molecule has 1 amide bonds. The average molecular weight is 410 g/mol. The van der Waals surface area contributed by atoms with Gasteiger partial charge in [-0.15, -0.1) is 11.3 Å². The van der Waals surface area contributed by atoms with Crippen molar-refractivity contribution in [3.8, 4) is 10.6 Å². The van der Waals surface area contributed by atoms with Gasteiger partial charge in [-0.2, -0.15) is 0 Å². The molecule has 3 aromatic rings. The first kappa shape index (κ1) is 18.6. The van der Waals surface area contributed by atoms with Crippen LogP contribution in [0.2, 0.25) is 0 Å². The van der Waals surface area contributed by atoms with E-state index in [1.807, 2.05) is 31.5 Å². The van der Waals surface area contributed by atoms with E-state index in [4.69, 9.17) is 4.74 Å². The Balaban J connectivity index is 1.28. The standard InChI is InChI=1S/C21H23N5O2S/c1-13-22-10-19(29-13)18-6-15-7-20(24-9-16(15)8-23-18)25-21(27)14-2-4-26(5-3-14)17-11-28-12-17/h6-10,14,17H,2-5,11-12H2,1H3,(H,24,25,27). The largest absolute Gasteiger partial charge is 0.378 e. The quantitative estimate of drug-likeness (QED) is 0.713. The normalized spacial score (nSPS) is 18.7. The van der Waals surface area contributed by atoms with Crippen LogP contribution in [0.5, 0.6) is 0 Å². The number of nitrogens with zero attached hydrogens (tertiary/aromatic N) is 4. The number of likely N-dealkylation sites (tertiary alicyclic amines) is 1. The Hall–Kier alpha value is -2.42. The highest BCUT2D eigenvalue weighted by molar-refractivity contribution is 7.15. The number of pyridine rings is 2. The minimum Gasteiger partial charge on any atom is -0.378 e. The van der Waals surface area contributed by atoms with Gasteiger partial charge >= 0.3 is 0 Å². The number of fused-ring (bicyclic) bond motifs is 1. The molecule has 0 unspecified atom stereocenters. The monoisotopic (exact) mass is 409 g/mol. The number of ether oxygens (including phenoxy) is 1. The number of carbonyl (C=O) groups is 1. The van der Waals surface area contributed by atoms with Crippen LogP contribution in [0, 0.1) is 12.8 Å². The fourth-order valence-electron chi connectivity index (χ4n) is 3.91. The number of rotatable bonds is 4. The first-order valence-electron chi connectivity index (χ1n) is 9.97. The van der Waals surface area contributed by atoms with Gasteiger partial charge in [0.1, 0.15) is 5.82 Å². The molecule has 0 atom stereocenters.